The zero-order valence-corrected chi connectivity index (χ0v) is 8.84. The van der Waals surface area contributed by atoms with Crippen molar-refractivity contribution in [1.82, 2.24) is 9.88 Å². The molecular weight excluding hydrogens is 192 g/mol. The minimum atomic E-state index is -0.603. The summed E-state index contributed by atoms with van der Waals surface area (Å²) in [5.41, 5.74) is 1.50. The van der Waals surface area contributed by atoms with E-state index in [4.69, 9.17) is 4.42 Å². The molecule has 0 aliphatic carbocycles. The number of pyridine rings is 1. The van der Waals surface area contributed by atoms with Gasteiger partial charge in [-0.2, -0.15) is 0 Å². The fourth-order valence-electron chi connectivity index (χ4n) is 1.49. The highest BCUT2D eigenvalue weighted by Gasteiger charge is 2.14. The van der Waals surface area contributed by atoms with Crippen molar-refractivity contribution in [3.05, 3.63) is 30.2 Å². The van der Waals surface area contributed by atoms with Gasteiger partial charge in [0, 0.05) is 18.8 Å². The Morgan fingerprint density at radius 2 is 2.33 bits per heavy atom. The first kappa shape index (κ1) is 10.1. The first-order valence-corrected chi connectivity index (χ1v) is 4.84. The molecule has 0 radical (unpaired) electrons. The quantitative estimate of drug-likeness (QED) is 0.825. The first-order chi connectivity index (χ1) is 7.16. The lowest BCUT2D eigenvalue weighted by Gasteiger charge is -2.13. The Bertz CT molecular complexity index is 418. The summed E-state index contributed by atoms with van der Waals surface area (Å²) in [6.45, 7) is 0.541. The average Bonchev–Trinajstić information content (AvgIpc) is 2.59. The molecule has 15 heavy (non-hydrogen) atoms. The van der Waals surface area contributed by atoms with Gasteiger partial charge in [0.05, 0.1) is 0 Å². The number of aromatic nitrogens is 1. The number of rotatable bonds is 3. The molecule has 0 fully saturated rings. The highest BCUT2D eigenvalue weighted by Crippen LogP contribution is 2.22. The summed E-state index contributed by atoms with van der Waals surface area (Å²) in [4.78, 5) is 6.05. The van der Waals surface area contributed by atoms with Gasteiger partial charge < -0.3 is 14.4 Å². The molecule has 1 N–H and O–H groups in total. The molecule has 2 aromatic rings. The number of hydrogen-bond donors (Lipinski definition) is 1. The van der Waals surface area contributed by atoms with E-state index in [1.54, 1.807) is 12.3 Å². The van der Waals surface area contributed by atoms with E-state index in [-0.39, 0.29) is 0 Å². The molecule has 1 unspecified atom stereocenters. The smallest absolute Gasteiger partial charge is 0.152 e. The van der Waals surface area contributed by atoms with Gasteiger partial charge in [-0.15, -0.1) is 0 Å². The zero-order valence-electron chi connectivity index (χ0n) is 8.84. The fourth-order valence-corrected chi connectivity index (χ4v) is 1.49. The lowest BCUT2D eigenvalue weighted by Crippen LogP contribution is -2.19. The molecule has 1 atom stereocenters. The van der Waals surface area contributed by atoms with Crippen molar-refractivity contribution >= 4 is 11.1 Å². The second-order valence-electron chi connectivity index (χ2n) is 3.81. The second kappa shape index (κ2) is 4.00. The van der Waals surface area contributed by atoms with Crippen LogP contribution < -0.4 is 0 Å². The van der Waals surface area contributed by atoms with E-state index in [1.165, 1.54) is 0 Å². The Morgan fingerprint density at radius 3 is 3.00 bits per heavy atom. The topological polar surface area (TPSA) is 49.5 Å². The molecule has 80 valence electrons. The fraction of sp³-hybridized carbons (Fsp3) is 0.364. The number of aliphatic hydroxyl groups is 1. The molecule has 2 aromatic heterocycles. The maximum atomic E-state index is 9.83. The lowest BCUT2D eigenvalue weighted by atomic mass is 10.2. The van der Waals surface area contributed by atoms with Crippen molar-refractivity contribution in [3.8, 4) is 0 Å². The Morgan fingerprint density at radius 1 is 1.53 bits per heavy atom. The third kappa shape index (κ3) is 2.16. The molecule has 0 aliphatic heterocycles. The van der Waals surface area contributed by atoms with Crippen LogP contribution in [0.2, 0.25) is 0 Å². The van der Waals surface area contributed by atoms with Crippen molar-refractivity contribution in [3.63, 3.8) is 0 Å². The number of furan rings is 1. The molecule has 2 heterocycles. The highest BCUT2D eigenvalue weighted by atomic mass is 16.4. The van der Waals surface area contributed by atoms with Gasteiger partial charge in [0.1, 0.15) is 17.4 Å². The van der Waals surface area contributed by atoms with Crippen LogP contribution in [0.1, 0.15) is 11.9 Å². The molecule has 0 saturated heterocycles. The van der Waals surface area contributed by atoms with Gasteiger partial charge in [-0.05, 0) is 26.2 Å². The Balaban J connectivity index is 2.28. The molecule has 2 rings (SSSR count). The summed E-state index contributed by atoms with van der Waals surface area (Å²) in [5.74, 6) is 0.567. The third-order valence-corrected chi connectivity index (χ3v) is 2.17. The Kier molecular flexibility index (Phi) is 2.70. The van der Waals surface area contributed by atoms with Gasteiger partial charge in [-0.1, -0.05) is 0 Å². The first-order valence-electron chi connectivity index (χ1n) is 4.84. The largest absolute Gasteiger partial charge is 0.457 e. The minimum Gasteiger partial charge on any atom is -0.457 e. The normalized spacial score (nSPS) is 13.6. The maximum Gasteiger partial charge on any atom is 0.152 e. The van der Waals surface area contributed by atoms with E-state index in [0.717, 1.165) is 5.52 Å². The molecule has 0 saturated carbocycles. The molecule has 4 nitrogen and oxygen atoms in total. The third-order valence-electron chi connectivity index (χ3n) is 2.17. The Hall–Kier alpha value is -1.39. The minimum absolute atomic E-state index is 0.541. The SMILES string of the molecule is CN(C)CC(O)c1cc2ncccc2o1. The molecule has 0 spiro atoms. The summed E-state index contributed by atoms with van der Waals surface area (Å²) in [7, 11) is 3.81. The van der Waals surface area contributed by atoms with Gasteiger partial charge in [-0.25, -0.2) is 0 Å². The number of nitrogens with zero attached hydrogens (tertiary/aromatic N) is 2. The summed E-state index contributed by atoms with van der Waals surface area (Å²) >= 11 is 0. The molecular formula is C11H14N2O2. The van der Waals surface area contributed by atoms with Crippen molar-refractivity contribution in [2.45, 2.75) is 6.10 Å². The summed E-state index contributed by atoms with van der Waals surface area (Å²) in [6.07, 6.45) is 1.11. The Labute approximate surface area is 88.1 Å². The highest BCUT2D eigenvalue weighted by molar-refractivity contribution is 5.72. The van der Waals surface area contributed by atoms with Crippen LogP contribution in [0, 0.1) is 0 Å². The van der Waals surface area contributed by atoms with E-state index >= 15 is 0 Å². The van der Waals surface area contributed by atoms with Crippen molar-refractivity contribution in [2.75, 3.05) is 20.6 Å². The zero-order chi connectivity index (χ0) is 10.8. The van der Waals surface area contributed by atoms with Crippen molar-refractivity contribution < 1.29 is 9.52 Å². The molecule has 0 bridgehead atoms. The second-order valence-corrected chi connectivity index (χ2v) is 3.81. The van der Waals surface area contributed by atoms with Gasteiger partial charge in [0.15, 0.2) is 5.58 Å². The summed E-state index contributed by atoms with van der Waals surface area (Å²) in [5, 5.41) is 9.83. The van der Waals surface area contributed by atoms with Crippen LogP contribution in [0.15, 0.2) is 28.8 Å². The molecule has 4 heteroatoms. The molecule has 0 aliphatic rings. The van der Waals surface area contributed by atoms with E-state index in [2.05, 4.69) is 4.98 Å². The van der Waals surface area contributed by atoms with Gasteiger partial charge in [0.25, 0.3) is 0 Å². The van der Waals surface area contributed by atoms with E-state index < -0.39 is 6.10 Å². The van der Waals surface area contributed by atoms with Crippen LogP contribution in [0.3, 0.4) is 0 Å². The number of fused-ring (bicyclic) bond motifs is 1. The summed E-state index contributed by atoms with van der Waals surface area (Å²) < 4.78 is 5.49. The molecule has 0 aromatic carbocycles. The van der Waals surface area contributed by atoms with Gasteiger partial charge in [0.2, 0.25) is 0 Å². The number of likely N-dealkylation sites (N-methyl/N-ethyl adjacent to an activating group) is 1. The number of hydrogen-bond acceptors (Lipinski definition) is 4. The van der Waals surface area contributed by atoms with Crippen LogP contribution >= 0.6 is 0 Å². The van der Waals surface area contributed by atoms with E-state index in [9.17, 15) is 5.11 Å². The van der Waals surface area contributed by atoms with Gasteiger partial charge >= 0.3 is 0 Å². The lowest BCUT2D eigenvalue weighted by molar-refractivity contribution is 0.117. The van der Waals surface area contributed by atoms with Crippen molar-refractivity contribution in [1.29, 1.82) is 0 Å². The van der Waals surface area contributed by atoms with Crippen LogP contribution in [0.5, 0.6) is 0 Å². The predicted molar refractivity (Wildman–Crippen MR) is 57.5 cm³/mol. The van der Waals surface area contributed by atoms with E-state index in [0.29, 0.717) is 17.9 Å². The van der Waals surface area contributed by atoms with Crippen LogP contribution in [0.4, 0.5) is 0 Å². The predicted octanol–water partition coefficient (Wildman–Crippen LogP) is 1.42. The van der Waals surface area contributed by atoms with Crippen LogP contribution in [-0.2, 0) is 0 Å². The van der Waals surface area contributed by atoms with Crippen molar-refractivity contribution in [2.24, 2.45) is 0 Å². The van der Waals surface area contributed by atoms with Crippen LogP contribution in [-0.4, -0.2) is 35.6 Å². The van der Waals surface area contributed by atoms with Crippen LogP contribution in [0.25, 0.3) is 11.1 Å². The maximum absolute atomic E-state index is 9.83. The standard InChI is InChI=1S/C11H14N2O2/c1-13(2)7-9(14)11-6-8-10(15-11)4-3-5-12-8/h3-6,9,14H,7H2,1-2H3. The van der Waals surface area contributed by atoms with Gasteiger partial charge in [-0.3, -0.25) is 4.98 Å². The monoisotopic (exact) mass is 206 g/mol. The summed E-state index contributed by atoms with van der Waals surface area (Å²) in [6, 6.07) is 5.44. The van der Waals surface area contributed by atoms with E-state index in [1.807, 2.05) is 31.1 Å². The average molecular weight is 206 g/mol. The number of aliphatic hydroxyl groups excluding tert-OH is 1. The molecule has 0 amide bonds.